The van der Waals surface area contributed by atoms with Crippen molar-refractivity contribution >= 4 is 0 Å². The van der Waals surface area contributed by atoms with Crippen LogP contribution in [-0.2, 0) is 6.54 Å². The van der Waals surface area contributed by atoms with Crippen molar-refractivity contribution < 1.29 is 4.39 Å². The van der Waals surface area contributed by atoms with E-state index in [2.05, 4.69) is 15.4 Å². The fourth-order valence-electron chi connectivity index (χ4n) is 1.82. The van der Waals surface area contributed by atoms with Crippen LogP contribution in [0, 0.1) is 5.82 Å². The number of nitrogens with zero attached hydrogens (tertiary/aromatic N) is 3. The van der Waals surface area contributed by atoms with E-state index in [0.29, 0.717) is 5.69 Å². The van der Waals surface area contributed by atoms with Crippen molar-refractivity contribution in [3.05, 3.63) is 36.4 Å². The first-order chi connectivity index (χ1) is 8.81. The SMILES string of the molecule is Fc1ccc(-c2ccn(CCNC3CC3)n2)nc1. The molecule has 0 amide bonds. The molecule has 0 unspecified atom stereocenters. The highest BCUT2D eigenvalue weighted by Crippen LogP contribution is 2.18. The van der Waals surface area contributed by atoms with Gasteiger partial charge in [0.15, 0.2) is 0 Å². The molecule has 1 fully saturated rings. The average molecular weight is 246 g/mol. The Hall–Kier alpha value is -1.75. The monoisotopic (exact) mass is 246 g/mol. The Kier molecular flexibility index (Phi) is 3.06. The molecule has 1 aliphatic rings. The molecule has 4 nitrogen and oxygen atoms in total. The lowest BCUT2D eigenvalue weighted by Gasteiger charge is -2.02. The van der Waals surface area contributed by atoms with E-state index in [0.717, 1.165) is 24.8 Å². The van der Waals surface area contributed by atoms with Crippen LogP contribution in [0.1, 0.15) is 12.8 Å². The van der Waals surface area contributed by atoms with Crippen LogP contribution in [0.2, 0.25) is 0 Å². The van der Waals surface area contributed by atoms with Crippen LogP contribution in [-0.4, -0.2) is 27.4 Å². The molecule has 0 aliphatic heterocycles. The predicted octanol–water partition coefficient (Wildman–Crippen LogP) is 1.84. The Bertz CT molecular complexity index is 516. The molecule has 1 N–H and O–H groups in total. The van der Waals surface area contributed by atoms with Gasteiger partial charge >= 0.3 is 0 Å². The predicted molar refractivity (Wildman–Crippen MR) is 66.4 cm³/mol. The molecular formula is C13H15FN4. The fraction of sp³-hybridized carbons (Fsp3) is 0.385. The topological polar surface area (TPSA) is 42.7 Å². The lowest BCUT2D eigenvalue weighted by atomic mass is 10.3. The zero-order valence-corrected chi connectivity index (χ0v) is 10.0. The molecule has 0 radical (unpaired) electrons. The lowest BCUT2D eigenvalue weighted by molar-refractivity contribution is 0.554. The largest absolute Gasteiger partial charge is 0.312 e. The highest BCUT2D eigenvalue weighted by atomic mass is 19.1. The second kappa shape index (κ2) is 4.86. The number of pyridine rings is 1. The van der Waals surface area contributed by atoms with Crippen molar-refractivity contribution in [3.8, 4) is 11.4 Å². The Labute approximate surface area is 105 Å². The van der Waals surface area contributed by atoms with E-state index < -0.39 is 0 Å². The van der Waals surface area contributed by atoms with E-state index in [1.165, 1.54) is 25.1 Å². The molecule has 1 aliphatic carbocycles. The minimum atomic E-state index is -0.327. The van der Waals surface area contributed by atoms with Crippen LogP contribution < -0.4 is 5.32 Å². The van der Waals surface area contributed by atoms with Gasteiger partial charge in [-0.25, -0.2) is 4.39 Å². The summed E-state index contributed by atoms with van der Waals surface area (Å²) in [5.41, 5.74) is 1.48. The summed E-state index contributed by atoms with van der Waals surface area (Å²) in [6, 6.07) is 5.66. The van der Waals surface area contributed by atoms with Crippen LogP contribution in [0.5, 0.6) is 0 Å². The zero-order chi connectivity index (χ0) is 12.4. The molecule has 0 spiro atoms. The fourth-order valence-corrected chi connectivity index (χ4v) is 1.82. The van der Waals surface area contributed by atoms with Gasteiger partial charge in [-0.1, -0.05) is 0 Å². The zero-order valence-electron chi connectivity index (χ0n) is 10.0. The molecule has 5 heteroatoms. The van der Waals surface area contributed by atoms with Gasteiger partial charge in [-0.05, 0) is 31.0 Å². The van der Waals surface area contributed by atoms with Crippen LogP contribution in [0.15, 0.2) is 30.6 Å². The summed E-state index contributed by atoms with van der Waals surface area (Å²) in [4.78, 5) is 4.01. The smallest absolute Gasteiger partial charge is 0.141 e. The quantitative estimate of drug-likeness (QED) is 0.875. The van der Waals surface area contributed by atoms with Crippen LogP contribution in [0.25, 0.3) is 11.4 Å². The van der Waals surface area contributed by atoms with Crippen LogP contribution >= 0.6 is 0 Å². The summed E-state index contributed by atoms with van der Waals surface area (Å²) in [7, 11) is 0. The van der Waals surface area contributed by atoms with Gasteiger partial charge in [0.25, 0.3) is 0 Å². The third-order valence-corrected chi connectivity index (χ3v) is 2.98. The van der Waals surface area contributed by atoms with Gasteiger partial charge in [0.1, 0.15) is 11.5 Å². The summed E-state index contributed by atoms with van der Waals surface area (Å²) < 4.78 is 14.6. The van der Waals surface area contributed by atoms with E-state index in [-0.39, 0.29) is 5.82 Å². The Balaban J connectivity index is 1.62. The summed E-state index contributed by atoms with van der Waals surface area (Å²) in [5, 5.41) is 7.85. The Morgan fingerprint density at radius 3 is 2.89 bits per heavy atom. The van der Waals surface area contributed by atoms with Gasteiger partial charge in [-0.2, -0.15) is 5.10 Å². The van der Waals surface area contributed by atoms with Crippen molar-refractivity contribution in [3.63, 3.8) is 0 Å². The maximum Gasteiger partial charge on any atom is 0.141 e. The molecule has 0 bridgehead atoms. The summed E-state index contributed by atoms with van der Waals surface area (Å²) in [6.45, 7) is 1.78. The molecule has 2 aromatic rings. The maximum absolute atomic E-state index is 12.8. The van der Waals surface area contributed by atoms with Crippen LogP contribution in [0.4, 0.5) is 4.39 Å². The third-order valence-electron chi connectivity index (χ3n) is 2.98. The molecule has 18 heavy (non-hydrogen) atoms. The van der Waals surface area contributed by atoms with Gasteiger partial charge in [-0.3, -0.25) is 9.67 Å². The maximum atomic E-state index is 12.8. The van der Waals surface area contributed by atoms with Gasteiger partial charge in [-0.15, -0.1) is 0 Å². The van der Waals surface area contributed by atoms with Gasteiger partial charge < -0.3 is 5.32 Å². The number of hydrogen-bond acceptors (Lipinski definition) is 3. The molecule has 2 aromatic heterocycles. The molecule has 1 saturated carbocycles. The molecule has 3 rings (SSSR count). The lowest BCUT2D eigenvalue weighted by Crippen LogP contribution is -2.21. The van der Waals surface area contributed by atoms with E-state index in [1.54, 1.807) is 6.07 Å². The Morgan fingerprint density at radius 1 is 1.28 bits per heavy atom. The number of aromatic nitrogens is 3. The molecule has 0 saturated heterocycles. The number of rotatable bonds is 5. The van der Waals surface area contributed by atoms with Crippen molar-refractivity contribution in [2.45, 2.75) is 25.4 Å². The summed E-state index contributed by atoms with van der Waals surface area (Å²) in [5.74, 6) is -0.327. The first-order valence-electron chi connectivity index (χ1n) is 6.20. The van der Waals surface area contributed by atoms with E-state index in [4.69, 9.17) is 0 Å². The summed E-state index contributed by atoms with van der Waals surface area (Å²) >= 11 is 0. The van der Waals surface area contributed by atoms with Crippen molar-refractivity contribution in [2.24, 2.45) is 0 Å². The standard InChI is InChI=1S/C13H15FN4/c14-10-1-4-12(16-9-10)13-5-7-18(17-13)8-6-15-11-2-3-11/h1,4-5,7,9,11,15H,2-3,6,8H2. The molecule has 0 aromatic carbocycles. The second-order valence-corrected chi connectivity index (χ2v) is 4.55. The highest BCUT2D eigenvalue weighted by molar-refractivity contribution is 5.52. The Morgan fingerprint density at radius 2 is 2.17 bits per heavy atom. The number of nitrogens with one attached hydrogen (secondary N) is 1. The van der Waals surface area contributed by atoms with E-state index in [1.807, 2.05) is 16.9 Å². The minimum Gasteiger partial charge on any atom is -0.312 e. The number of halogens is 1. The highest BCUT2D eigenvalue weighted by Gasteiger charge is 2.19. The average Bonchev–Trinajstić information content (AvgIpc) is 3.08. The molecular weight excluding hydrogens is 231 g/mol. The van der Waals surface area contributed by atoms with Gasteiger partial charge in [0, 0.05) is 18.8 Å². The molecule has 2 heterocycles. The normalized spacial score (nSPS) is 14.9. The molecule has 0 atom stereocenters. The van der Waals surface area contributed by atoms with E-state index in [9.17, 15) is 4.39 Å². The van der Waals surface area contributed by atoms with Crippen molar-refractivity contribution in [1.82, 2.24) is 20.1 Å². The summed E-state index contributed by atoms with van der Waals surface area (Å²) in [6.07, 6.45) is 5.73. The minimum absolute atomic E-state index is 0.327. The first kappa shape index (κ1) is 11.3. The van der Waals surface area contributed by atoms with Gasteiger partial charge in [0.05, 0.1) is 18.4 Å². The van der Waals surface area contributed by atoms with E-state index >= 15 is 0 Å². The van der Waals surface area contributed by atoms with Crippen LogP contribution in [0.3, 0.4) is 0 Å². The first-order valence-corrected chi connectivity index (χ1v) is 6.20. The van der Waals surface area contributed by atoms with Gasteiger partial charge in [0.2, 0.25) is 0 Å². The number of hydrogen-bond donors (Lipinski definition) is 1. The van der Waals surface area contributed by atoms with Crippen molar-refractivity contribution in [2.75, 3.05) is 6.54 Å². The third kappa shape index (κ3) is 2.73. The molecule has 94 valence electrons. The van der Waals surface area contributed by atoms with Crippen molar-refractivity contribution in [1.29, 1.82) is 0 Å². The second-order valence-electron chi connectivity index (χ2n) is 4.55.